The molecule has 1 amide bonds. The summed E-state index contributed by atoms with van der Waals surface area (Å²) in [6, 6.07) is 19.9. The van der Waals surface area contributed by atoms with Crippen LogP contribution in [0.1, 0.15) is 55.5 Å². The molecule has 0 radical (unpaired) electrons. The number of likely N-dealkylation sites (tertiary alicyclic amines) is 1. The number of benzene rings is 3. The second-order valence-corrected chi connectivity index (χ2v) is 10.2. The van der Waals surface area contributed by atoms with Crippen molar-refractivity contribution in [2.75, 3.05) is 19.8 Å². The van der Waals surface area contributed by atoms with Crippen LogP contribution in [0.4, 0.5) is 0 Å². The lowest BCUT2D eigenvalue weighted by Crippen LogP contribution is -2.31. The zero-order chi connectivity index (χ0) is 28.2. The van der Waals surface area contributed by atoms with E-state index in [1.165, 1.54) is 0 Å². The van der Waals surface area contributed by atoms with E-state index in [1.807, 2.05) is 69.3 Å². The van der Waals surface area contributed by atoms with Gasteiger partial charge in [-0.15, -0.1) is 0 Å². The number of aliphatic hydroxyl groups excluding tert-OH is 1. The zero-order valence-electron chi connectivity index (χ0n) is 23.2. The maximum atomic E-state index is 13.5. The number of amides is 1. The summed E-state index contributed by atoms with van der Waals surface area (Å²) in [5, 5.41) is 11.6. The van der Waals surface area contributed by atoms with E-state index in [-0.39, 0.29) is 17.4 Å². The number of carbonyl (C=O) groups excluding carboxylic acids is 2. The molecule has 1 saturated heterocycles. The molecular formula is C33H35NO6. The minimum absolute atomic E-state index is 0.0430. The van der Waals surface area contributed by atoms with Crippen LogP contribution in [-0.4, -0.2) is 47.6 Å². The minimum Gasteiger partial charge on any atom is -0.507 e. The first-order valence-electron chi connectivity index (χ1n) is 13.9. The Labute approximate surface area is 235 Å². The van der Waals surface area contributed by atoms with Crippen molar-refractivity contribution in [3.8, 4) is 17.2 Å². The molecule has 0 saturated carbocycles. The van der Waals surface area contributed by atoms with Gasteiger partial charge < -0.3 is 24.2 Å². The summed E-state index contributed by atoms with van der Waals surface area (Å²) in [7, 11) is 0. The van der Waals surface area contributed by atoms with Crippen LogP contribution in [0.3, 0.4) is 0 Å². The van der Waals surface area contributed by atoms with Gasteiger partial charge >= 0.3 is 0 Å². The molecule has 3 aromatic rings. The molecule has 0 bridgehead atoms. The molecule has 2 aliphatic rings. The number of Topliss-reactive ketones (excluding diaryl/α,β-unsaturated/α-hetero) is 1. The van der Waals surface area contributed by atoms with E-state index in [0.717, 1.165) is 23.3 Å². The summed E-state index contributed by atoms with van der Waals surface area (Å²) in [6.45, 7) is 7.18. The van der Waals surface area contributed by atoms with Gasteiger partial charge in [-0.05, 0) is 73.7 Å². The average molecular weight is 542 g/mol. The summed E-state index contributed by atoms with van der Waals surface area (Å²) in [6.07, 6.45) is 2.16. The molecule has 2 atom stereocenters. The lowest BCUT2D eigenvalue weighted by molar-refractivity contribution is -0.139. The Morgan fingerprint density at radius 2 is 1.80 bits per heavy atom. The van der Waals surface area contributed by atoms with Crippen LogP contribution in [0.2, 0.25) is 0 Å². The minimum atomic E-state index is -0.786. The van der Waals surface area contributed by atoms with Crippen LogP contribution < -0.4 is 14.2 Å². The Kier molecular flexibility index (Phi) is 8.10. The van der Waals surface area contributed by atoms with Crippen LogP contribution in [0.5, 0.6) is 17.2 Å². The fraction of sp³-hybridized carbons (Fsp3) is 0.333. The molecule has 1 N–H and O–H groups in total. The third-order valence-electron chi connectivity index (χ3n) is 7.24. The molecule has 0 aliphatic carbocycles. The van der Waals surface area contributed by atoms with E-state index in [0.29, 0.717) is 55.2 Å². The zero-order valence-corrected chi connectivity index (χ0v) is 23.2. The number of carbonyl (C=O) groups is 2. The monoisotopic (exact) mass is 541 g/mol. The summed E-state index contributed by atoms with van der Waals surface area (Å²) in [5.74, 6) is 0.368. The second-order valence-electron chi connectivity index (χ2n) is 10.2. The summed E-state index contributed by atoms with van der Waals surface area (Å²) < 4.78 is 17.6. The van der Waals surface area contributed by atoms with Crippen LogP contribution >= 0.6 is 0 Å². The Hall–Kier alpha value is -4.26. The van der Waals surface area contributed by atoms with Gasteiger partial charge in [-0.3, -0.25) is 9.59 Å². The third kappa shape index (κ3) is 5.41. The first-order chi connectivity index (χ1) is 19.4. The topological polar surface area (TPSA) is 85.3 Å². The first kappa shape index (κ1) is 27.3. The van der Waals surface area contributed by atoms with E-state index in [1.54, 1.807) is 23.1 Å². The normalized spacial score (nSPS) is 19.4. The maximum Gasteiger partial charge on any atom is 0.295 e. The fourth-order valence-electron chi connectivity index (χ4n) is 5.37. The van der Waals surface area contributed by atoms with Gasteiger partial charge in [0.2, 0.25) is 0 Å². The smallest absolute Gasteiger partial charge is 0.295 e. The largest absolute Gasteiger partial charge is 0.507 e. The lowest BCUT2D eigenvalue weighted by atomic mass is 9.94. The average Bonchev–Trinajstić information content (AvgIpc) is 3.46. The standard InChI is InChI=1S/C33H35NO6/c1-4-17-39-27-14-11-23(20-28(27)38-5-2)30-29(31(35)24-12-13-26-25(19-24)18-21(3)40-26)32(36)33(37)34(30)16-15-22-9-7-6-8-10-22/h6-14,19-21,30,35H,4-5,15-18H2,1-3H3/b31-29+/t21-,30-/m0/s1. The van der Waals surface area contributed by atoms with Crippen molar-refractivity contribution in [1.29, 1.82) is 0 Å². The molecule has 0 unspecified atom stereocenters. The van der Waals surface area contributed by atoms with Crippen LogP contribution in [0, 0.1) is 0 Å². The van der Waals surface area contributed by atoms with E-state index < -0.39 is 17.7 Å². The van der Waals surface area contributed by atoms with Crippen molar-refractivity contribution in [2.45, 2.75) is 52.2 Å². The number of ether oxygens (including phenoxy) is 3. The number of hydrogen-bond acceptors (Lipinski definition) is 6. The van der Waals surface area contributed by atoms with Gasteiger partial charge in [-0.1, -0.05) is 43.3 Å². The van der Waals surface area contributed by atoms with Gasteiger partial charge in [0.15, 0.2) is 11.5 Å². The summed E-state index contributed by atoms with van der Waals surface area (Å²) in [4.78, 5) is 28.6. The molecule has 0 spiro atoms. The van der Waals surface area contributed by atoms with E-state index in [9.17, 15) is 14.7 Å². The van der Waals surface area contributed by atoms with Gasteiger partial charge in [0.1, 0.15) is 17.6 Å². The number of hydrogen-bond donors (Lipinski definition) is 1. The number of nitrogens with zero attached hydrogens (tertiary/aromatic N) is 1. The number of ketones is 1. The molecule has 3 aromatic carbocycles. The lowest BCUT2D eigenvalue weighted by Gasteiger charge is -2.26. The predicted molar refractivity (Wildman–Crippen MR) is 153 cm³/mol. The summed E-state index contributed by atoms with van der Waals surface area (Å²) in [5.41, 5.74) is 3.22. The molecular weight excluding hydrogens is 506 g/mol. The van der Waals surface area contributed by atoms with Crippen molar-refractivity contribution in [3.63, 3.8) is 0 Å². The molecule has 5 rings (SSSR count). The SMILES string of the molecule is CCCOc1ccc([C@H]2/C(=C(\O)c3ccc4c(c3)C[C@H](C)O4)C(=O)C(=O)N2CCc2ccccc2)cc1OCC. The Balaban J connectivity index is 1.59. The predicted octanol–water partition coefficient (Wildman–Crippen LogP) is 5.86. The van der Waals surface area contributed by atoms with E-state index >= 15 is 0 Å². The van der Waals surface area contributed by atoms with Gasteiger partial charge in [0.25, 0.3) is 11.7 Å². The van der Waals surface area contributed by atoms with E-state index in [4.69, 9.17) is 14.2 Å². The molecule has 2 aliphatic heterocycles. The first-order valence-corrected chi connectivity index (χ1v) is 13.9. The van der Waals surface area contributed by atoms with Crippen molar-refractivity contribution in [3.05, 3.63) is 94.6 Å². The van der Waals surface area contributed by atoms with Crippen molar-refractivity contribution < 1.29 is 28.9 Å². The second kappa shape index (κ2) is 11.9. The van der Waals surface area contributed by atoms with Gasteiger partial charge in [0.05, 0.1) is 24.8 Å². The van der Waals surface area contributed by atoms with Gasteiger partial charge in [-0.2, -0.15) is 0 Å². The van der Waals surface area contributed by atoms with Crippen LogP contribution in [0.25, 0.3) is 5.76 Å². The Bertz CT molecular complexity index is 1430. The molecule has 208 valence electrons. The highest BCUT2D eigenvalue weighted by molar-refractivity contribution is 6.46. The van der Waals surface area contributed by atoms with Crippen molar-refractivity contribution in [1.82, 2.24) is 4.90 Å². The summed E-state index contributed by atoms with van der Waals surface area (Å²) >= 11 is 0. The molecule has 2 heterocycles. The van der Waals surface area contributed by atoms with Gasteiger partial charge in [-0.25, -0.2) is 0 Å². The highest BCUT2D eigenvalue weighted by atomic mass is 16.5. The molecule has 1 fully saturated rings. The molecule has 0 aromatic heterocycles. The quantitative estimate of drug-likeness (QED) is 0.197. The van der Waals surface area contributed by atoms with Crippen LogP contribution in [-0.2, 0) is 22.4 Å². The van der Waals surface area contributed by atoms with Crippen molar-refractivity contribution in [2.24, 2.45) is 0 Å². The molecule has 40 heavy (non-hydrogen) atoms. The number of fused-ring (bicyclic) bond motifs is 1. The Morgan fingerprint density at radius 1 is 1.00 bits per heavy atom. The fourth-order valence-corrected chi connectivity index (χ4v) is 5.37. The molecule has 7 nitrogen and oxygen atoms in total. The van der Waals surface area contributed by atoms with Crippen LogP contribution in [0.15, 0.2) is 72.3 Å². The number of rotatable bonds is 10. The number of aliphatic hydroxyl groups is 1. The third-order valence-corrected chi connectivity index (χ3v) is 7.24. The highest BCUT2D eigenvalue weighted by Crippen LogP contribution is 2.43. The Morgan fingerprint density at radius 3 is 2.55 bits per heavy atom. The maximum absolute atomic E-state index is 13.5. The molecule has 7 heteroatoms. The van der Waals surface area contributed by atoms with Crippen molar-refractivity contribution >= 4 is 17.4 Å². The highest BCUT2D eigenvalue weighted by Gasteiger charge is 2.46. The van der Waals surface area contributed by atoms with Gasteiger partial charge in [0, 0.05) is 18.5 Å². The van der Waals surface area contributed by atoms with E-state index in [2.05, 4.69) is 0 Å².